The van der Waals surface area contributed by atoms with Gasteiger partial charge in [0.05, 0.1) is 6.61 Å². The molecule has 1 heterocycles. The molecule has 0 bridgehead atoms. The highest BCUT2D eigenvalue weighted by molar-refractivity contribution is 14.0. The number of carbonyl (C=O) groups is 1. The Hall–Kier alpha value is -1.35. The fourth-order valence-corrected chi connectivity index (χ4v) is 2.90. The number of aliphatic imine (C=N–C) groups is 1. The van der Waals surface area contributed by atoms with Crippen molar-refractivity contribution in [1.82, 2.24) is 10.6 Å². The summed E-state index contributed by atoms with van der Waals surface area (Å²) in [6.07, 6.45) is 3.12. The van der Waals surface area contributed by atoms with Crippen LogP contribution in [0, 0.1) is 5.92 Å². The van der Waals surface area contributed by atoms with E-state index in [1.807, 2.05) is 18.2 Å². The molecule has 3 rings (SSSR count). The number of guanidine groups is 1. The summed E-state index contributed by atoms with van der Waals surface area (Å²) >= 11 is 0. The van der Waals surface area contributed by atoms with E-state index in [9.17, 15) is 4.79 Å². The summed E-state index contributed by atoms with van der Waals surface area (Å²) < 4.78 is 5.61. The summed E-state index contributed by atoms with van der Waals surface area (Å²) in [5, 5.41) is 9.49. The fraction of sp³-hybridized carbons (Fsp3) is 0.556. The van der Waals surface area contributed by atoms with Crippen molar-refractivity contribution in [3.05, 3.63) is 29.8 Å². The number of nitrogens with zero attached hydrogens (tertiary/aromatic N) is 1. The molecule has 1 aliphatic heterocycles. The van der Waals surface area contributed by atoms with E-state index in [1.54, 1.807) is 7.05 Å². The number of ether oxygens (including phenoxy) is 1. The normalized spacial score (nSPS) is 19.5. The van der Waals surface area contributed by atoms with Crippen molar-refractivity contribution in [1.29, 1.82) is 0 Å². The summed E-state index contributed by atoms with van der Waals surface area (Å²) in [6.45, 7) is 2.97. The third-order valence-corrected chi connectivity index (χ3v) is 4.44. The number of benzene rings is 1. The van der Waals surface area contributed by atoms with Crippen molar-refractivity contribution >= 4 is 41.5 Å². The van der Waals surface area contributed by atoms with Gasteiger partial charge in [0.15, 0.2) is 5.96 Å². The van der Waals surface area contributed by atoms with Crippen molar-refractivity contribution in [2.45, 2.75) is 25.2 Å². The van der Waals surface area contributed by atoms with Crippen LogP contribution in [0.5, 0.6) is 0 Å². The van der Waals surface area contributed by atoms with E-state index in [0.717, 1.165) is 30.7 Å². The summed E-state index contributed by atoms with van der Waals surface area (Å²) in [4.78, 5) is 16.1. The highest BCUT2D eigenvalue weighted by atomic mass is 127. The third-order valence-electron chi connectivity index (χ3n) is 4.44. The number of anilines is 1. The van der Waals surface area contributed by atoms with Crippen LogP contribution in [0.4, 0.5) is 5.69 Å². The highest BCUT2D eigenvalue weighted by Gasteiger charge is 2.24. The van der Waals surface area contributed by atoms with Crippen LogP contribution in [0.1, 0.15) is 30.7 Å². The van der Waals surface area contributed by atoms with E-state index in [2.05, 4.69) is 27.0 Å². The first-order valence-electron chi connectivity index (χ1n) is 8.67. The van der Waals surface area contributed by atoms with Gasteiger partial charge in [-0.25, -0.2) is 0 Å². The Bertz CT molecular complexity index is 604. The highest BCUT2D eigenvalue weighted by Crippen LogP contribution is 2.31. The van der Waals surface area contributed by atoms with Gasteiger partial charge in [0.25, 0.3) is 0 Å². The van der Waals surface area contributed by atoms with E-state index in [1.165, 1.54) is 18.4 Å². The minimum absolute atomic E-state index is 0. The summed E-state index contributed by atoms with van der Waals surface area (Å²) in [6, 6.07) is 7.97. The summed E-state index contributed by atoms with van der Waals surface area (Å²) in [5.41, 5.74) is 2.09. The van der Waals surface area contributed by atoms with Crippen LogP contribution < -0.4 is 16.0 Å². The van der Waals surface area contributed by atoms with Crippen LogP contribution in [0.25, 0.3) is 0 Å². The lowest BCUT2D eigenvalue weighted by Crippen LogP contribution is -2.41. The minimum Gasteiger partial charge on any atom is -0.379 e. The first-order valence-corrected chi connectivity index (χ1v) is 8.67. The Balaban J connectivity index is 0.00000225. The minimum atomic E-state index is 0. The molecule has 0 radical (unpaired) electrons. The maximum Gasteiger partial charge on any atom is 0.225 e. The molecule has 0 spiro atoms. The fourth-order valence-electron chi connectivity index (χ4n) is 2.90. The Labute approximate surface area is 166 Å². The van der Waals surface area contributed by atoms with E-state index < -0.39 is 0 Å². The molecule has 1 aromatic carbocycles. The average Bonchev–Trinajstić information content (AvgIpc) is 3.41. The molecule has 0 aromatic heterocycles. The Morgan fingerprint density at radius 1 is 1.32 bits per heavy atom. The van der Waals surface area contributed by atoms with Crippen LogP contribution in [0.15, 0.2) is 29.3 Å². The van der Waals surface area contributed by atoms with Crippen LogP contribution in [-0.2, 0) is 9.53 Å². The zero-order chi connectivity index (χ0) is 16.8. The molecule has 0 saturated heterocycles. The van der Waals surface area contributed by atoms with Crippen molar-refractivity contribution < 1.29 is 9.53 Å². The van der Waals surface area contributed by atoms with Crippen LogP contribution in [0.3, 0.4) is 0 Å². The predicted molar refractivity (Wildman–Crippen MR) is 111 cm³/mol. The van der Waals surface area contributed by atoms with Crippen molar-refractivity contribution in [3.8, 4) is 0 Å². The zero-order valence-corrected chi connectivity index (χ0v) is 16.9. The number of rotatable bonds is 7. The molecule has 1 fully saturated rings. The molecule has 1 aliphatic carbocycles. The maximum absolute atomic E-state index is 11.9. The van der Waals surface area contributed by atoms with E-state index in [-0.39, 0.29) is 35.8 Å². The largest absolute Gasteiger partial charge is 0.379 e. The molecule has 3 N–H and O–H groups in total. The van der Waals surface area contributed by atoms with Gasteiger partial charge in [-0.1, -0.05) is 18.2 Å². The van der Waals surface area contributed by atoms with Gasteiger partial charge in [-0.15, -0.1) is 24.0 Å². The zero-order valence-electron chi connectivity index (χ0n) is 14.6. The molecule has 6 nitrogen and oxygen atoms in total. The first-order chi connectivity index (χ1) is 11.8. The van der Waals surface area contributed by atoms with E-state index in [4.69, 9.17) is 4.74 Å². The van der Waals surface area contributed by atoms with Crippen molar-refractivity contribution in [3.63, 3.8) is 0 Å². The number of para-hydroxylation sites is 1. The molecular weight excluding hydrogens is 431 g/mol. The summed E-state index contributed by atoms with van der Waals surface area (Å²) in [5.74, 6) is 1.75. The predicted octanol–water partition coefficient (Wildman–Crippen LogP) is 2.32. The molecule has 2 aliphatic rings. The lowest BCUT2D eigenvalue weighted by Gasteiger charge is -2.26. The molecule has 1 amide bonds. The number of hydrogen-bond donors (Lipinski definition) is 3. The van der Waals surface area contributed by atoms with Gasteiger partial charge < -0.3 is 20.7 Å². The van der Waals surface area contributed by atoms with Crippen LogP contribution in [-0.4, -0.2) is 45.2 Å². The molecule has 138 valence electrons. The van der Waals surface area contributed by atoms with E-state index in [0.29, 0.717) is 19.6 Å². The topological polar surface area (TPSA) is 74.8 Å². The van der Waals surface area contributed by atoms with Gasteiger partial charge in [-0.2, -0.15) is 0 Å². The molecule has 1 aromatic rings. The number of carbonyl (C=O) groups excluding carboxylic acids is 1. The SMILES string of the molecule is CN=C(NCCOCC1CC1)NCC1CC(=O)Nc2ccccc21.I. The number of amides is 1. The second-order valence-corrected chi connectivity index (χ2v) is 6.43. The van der Waals surface area contributed by atoms with Crippen LogP contribution in [0.2, 0.25) is 0 Å². The molecule has 7 heteroatoms. The number of fused-ring (bicyclic) bond motifs is 1. The third kappa shape index (κ3) is 6.14. The number of halogens is 1. The average molecular weight is 458 g/mol. The van der Waals surface area contributed by atoms with Crippen molar-refractivity contribution in [2.75, 3.05) is 38.7 Å². The van der Waals surface area contributed by atoms with Gasteiger partial charge in [-0.3, -0.25) is 9.79 Å². The Kier molecular flexibility index (Phi) is 7.95. The van der Waals surface area contributed by atoms with Gasteiger partial charge in [0, 0.05) is 44.8 Å². The van der Waals surface area contributed by atoms with Gasteiger partial charge in [0.2, 0.25) is 5.91 Å². The summed E-state index contributed by atoms with van der Waals surface area (Å²) in [7, 11) is 1.75. The Morgan fingerprint density at radius 2 is 2.12 bits per heavy atom. The molecule has 25 heavy (non-hydrogen) atoms. The Morgan fingerprint density at radius 3 is 2.88 bits per heavy atom. The number of hydrogen-bond acceptors (Lipinski definition) is 3. The van der Waals surface area contributed by atoms with Gasteiger partial charge in [0.1, 0.15) is 0 Å². The molecule has 1 unspecified atom stereocenters. The smallest absolute Gasteiger partial charge is 0.225 e. The number of nitrogens with one attached hydrogen (secondary N) is 3. The lowest BCUT2D eigenvalue weighted by molar-refractivity contribution is -0.116. The first kappa shape index (κ1) is 20.0. The second-order valence-electron chi connectivity index (χ2n) is 6.43. The van der Waals surface area contributed by atoms with Crippen molar-refractivity contribution in [2.24, 2.45) is 10.9 Å². The van der Waals surface area contributed by atoms with Gasteiger partial charge in [-0.05, 0) is 30.4 Å². The maximum atomic E-state index is 11.9. The second kappa shape index (κ2) is 9.96. The molecular formula is C18H27IN4O2. The standard InChI is InChI=1S/C18H26N4O2.HI/c1-19-18(20-8-9-24-12-13-6-7-13)21-11-14-10-17(23)22-16-5-3-2-4-15(14)16;/h2-5,13-14H,6-12H2,1H3,(H,22,23)(H2,19,20,21);1H. The molecule has 1 saturated carbocycles. The molecule has 1 atom stereocenters. The quantitative estimate of drug-likeness (QED) is 0.254. The van der Waals surface area contributed by atoms with Crippen LogP contribution >= 0.6 is 24.0 Å². The monoisotopic (exact) mass is 458 g/mol. The van der Waals surface area contributed by atoms with E-state index >= 15 is 0 Å². The lowest BCUT2D eigenvalue weighted by atomic mass is 9.90. The van der Waals surface area contributed by atoms with Gasteiger partial charge >= 0.3 is 0 Å².